The van der Waals surface area contributed by atoms with E-state index in [2.05, 4.69) is 16.4 Å². The summed E-state index contributed by atoms with van der Waals surface area (Å²) in [5.74, 6) is -0.0488. The predicted molar refractivity (Wildman–Crippen MR) is 81.6 cm³/mol. The summed E-state index contributed by atoms with van der Waals surface area (Å²) in [5, 5.41) is 12.5. The number of aryl methyl sites for hydroxylation is 2. The standard InChI is InChI=1S/C15H21N3OS/c1-9-7-10(2)17-14(12(9)8-16)20-11(3)13(19)18-15(4,5)6/h7,11H,1-6H3,(H,18,19)/t11-/m1/s1. The van der Waals surface area contributed by atoms with E-state index in [-0.39, 0.29) is 16.7 Å². The van der Waals surface area contributed by atoms with Crippen LogP contribution in [0.3, 0.4) is 0 Å². The topological polar surface area (TPSA) is 65.8 Å². The molecule has 0 fully saturated rings. The van der Waals surface area contributed by atoms with Crippen molar-refractivity contribution >= 4 is 17.7 Å². The highest BCUT2D eigenvalue weighted by Crippen LogP contribution is 2.27. The number of nitrogens with one attached hydrogen (secondary N) is 1. The molecule has 1 aromatic heterocycles. The molecule has 1 N–H and O–H groups in total. The van der Waals surface area contributed by atoms with E-state index in [4.69, 9.17) is 0 Å². The number of carbonyl (C=O) groups is 1. The second-order valence-electron chi connectivity index (χ2n) is 5.87. The van der Waals surface area contributed by atoms with E-state index in [9.17, 15) is 10.1 Å². The van der Waals surface area contributed by atoms with Gasteiger partial charge in [-0.05, 0) is 53.2 Å². The Kier molecular flexibility index (Phi) is 5.18. The molecule has 0 radical (unpaired) electrons. The average molecular weight is 291 g/mol. The monoisotopic (exact) mass is 291 g/mol. The molecule has 1 atom stereocenters. The molecule has 0 aliphatic heterocycles. The molecule has 1 rings (SSSR count). The van der Waals surface area contributed by atoms with Crippen LogP contribution in [0.4, 0.5) is 0 Å². The van der Waals surface area contributed by atoms with Crippen LogP contribution in [0.5, 0.6) is 0 Å². The summed E-state index contributed by atoms with van der Waals surface area (Å²) in [6, 6.07) is 4.05. The molecule has 0 aromatic carbocycles. The first-order chi connectivity index (χ1) is 9.14. The van der Waals surface area contributed by atoms with E-state index in [1.165, 1.54) is 11.8 Å². The second kappa shape index (κ2) is 6.27. The van der Waals surface area contributed by atoms with Crippen LogP contribution in [0.1, 0.15) is 44.5 Å². The van der Waals surface area contributed by atoms with Gasteiger partial charge in [0.05, 0.1) is 10.8 Å². The van der Waals surface area contributed by atoms with Crippen LogP contribution < -0.4 is 5.32 Å². The third kappa shape index (κ3) is 4.53. The van der Waals surface area contributed by atoms with Crippen LogP contribution in [0.15, 0.2) is 11.1 Å². The quantitative estimate of drug-likeness (QED) is 0.869. The maximum atomic E-state index is 12.1. The van der Waals surface area contributed by atoms with Crippen molar-refractivity contribution < 1.29 is 4.79 Å². The third-order valence-electron chi connectivity index (χ3n) is 2.58. The van der Waals surface area contributed by atoms with Crippen molar-refractivity contribution in [3.8, 4) is 6.07 Å². The van der Waals surface area contributed by atoms with Crippen LogP contribution >= 0.6 is 11.8 Å². The van der Waals surface area contributed by atoms with Gasteiger partial charge in [-0.2, -0.15) is 5.26 Å². The van der Waals surface area contributed by atoms with E-state index >= 15 is 0 Å². The number of thioether (sulfide) groups is 1. The van der Waals surface area contributed by atoms with Crippen molar-refractivity contribution in [2.45, 2.75) is 57.4 Å². The molecule has 0 unspecified atom stereocenters. The smallest absolute Gasteiger partial charge is 0.233 e. The number of nitriles is 1. The van der Waals surface area contributed by atoms with Gasteiger partial charge in [-0.1, -0.05) is 11.8 Å². The van der Waals surface area contributed by atoms with Gasteiger partial charge >= 0.3 is 0 Å². The molecule has 0 aliphatic rings. The van der Waals surface area contributed by atoms with Gasteiger partial charge in [0, 0.05) is 11.2 Å². The zero-order valence-electron chi connectivity index (χ0n) is 12.9. The minimum atomic E-state index is -0.296. The van der Waals surface area contributed by atoms with Crippen molar-refractivity contribution in [3.63, 3.8) is 0 Å². The third-order valence-corrected chi connectivity index (χ3v) is 3.67. The Morgan fingerprint density at radius 1 is 1.45 bits per heavy atom. The fourth-order valence-corrected chi connectivity index (χ4v) is 2.74. The maximum Gasteiger partial charge on any atom is 0.233 e. The van der Waals surface area contributed by atoms with Gasteiger partial charge in [0.1, 0.15) is 11.1 Å². The summed E-state index contributed by atoms with van der Waals surface area (Å²) < 4.78 is 0. The molecule has 0 bridgehead atoms. The molecular formula is C15H21N3OS. The molecule has 1 amide bonds. The van der Waals surface area contributed by atoms with E-state index in [0.717, 1.165) is 11.3 Å². The zero-order valence-corrected chi connectivity index (χ0v) is 13.7. The van der Waals surface area contributed by atoms with Gasteiger partial charge in [0.2, 0.25) is 5.91 Å². The second-order valence-corrected chi connectivity index (χ2v) is 7.20. The lowest BCUT2D eigenvalue weighted by Crippen LogP contribution is -2.44. The molecule has 0 saturated carbocycles. The number of amides is 1. The summed E-state index contributed by atoms with van der Waals surface area (Å²) in [6.45, 7) is 11.4. The number of hydrogen-bond donors (Lipinski definition) is 1. The number of aromatic nitrogens is 1. The normalized spacial score (nSPS) is 12.7. The van der Waals surface area contributed by atoms with Crippen LogP contribution in [0.25, 0.3) is 0 Å². The molecule has 1 heterocycles. The lowest BCUT2D eigenvalue weighted by atomic mass is 10.1. The van der Waals surface area contributed by atoms with Crippen molar-refractivity contribution in [2.75, 3.05) is 0 Å². The van der Waals surface area contributed by atoms with Gasteiger partial charge < -0.3 is 5.32 Å². The number of nitrogens with zero attached hydrogens (tertiary/aromatic N) is 2. The Bertz CT molecular complexity index is 555. The van der Waals surface area contributed by atoms with Gasteiger partial charge in [-0.25, -0.2) is 4.98 Å². The van der Waals surface area contributed by atoms with E-state index in [1.807, 2.05) is 47.6 Å². The molecule has 20 heavy (non-hydrogen) atoms. The highest BCUT2D eigenvalue weighted by molar-refractivity contribution is 8.00. The Morgan fingerprint density at radius 3 is 2.55 bits per heavy atom. The number of pyridine rings is 1. The number of carbonyl (C=O) groups excluding carboxylic acids is 1. The van der Waals surface area contributed by atoms with Gasteiger partial charge in [0.15, 0.2) is 0 Å². The molecule has 1 aromatic rings. The van der Waals surface area contributed by atoms with Crippen LogP contribution in [-0.2, 0) is 4.79 Å². The Hall–Kier alpha value is -1.54. The van der Waals surface area contributed by atoms with Crippen molar-refractivity contribution in [2.24, 2.45) is 0 Å². The SMILES string of the molecule is Cc1cc(C)c(C#N)c(S[C@H](C)C(=O)NC(C)(C)C)n1. The van der Waals surface area contributed by atoms with Gasteiger partial charge in [0.25, 0.3) is 0 Å². The van der Waals surface area contributed by atoms with Gasteiger partial charge in [-0.3, -0.25) is 4.79 Å². The molecule has 108 valence electrons. The van der Waals surface area contributed by atoms with Gasteiger partial charge in [-0.15, -0.1) is 0 Å². The molecular weight excluding hydrogens is 270 g/mol. The van der Waals surface area contributed by atoms with Crippen molar-refractivity contribution in [1.82, 2.24) is 10.3 Å². The highest BCUT2D eigenvalue weighted by atomic mass is 32.2. The van der Waals surface area contributed by atoms with Crippen LogP contribution in [0.2, 0.25) is 0 Å². The first-order valence-corrected chi connectivity index (χ1v) is 7.39. The summed E-state index contributed by atoms with van der Waals surface area (Å²) in [5.41, 5.74) is 2.04. The number of rotatable bonds is 3. The fourth-order valence-electron chi connectivity index (χ4n) is 1.72. The van der Waals surface area contributed by atoms with E-state index in [1.54, 1.807) is 0 Å². The molecule has 0 spiro atoms. The summed E-state index contributed by atoms with van der Waals surface area (Å²) in [6.07, 6.45) is 0. The van der Waals surface area contributed by atoms with Crippen LogP contribution in [-0.4, -0.2) is 21.7 Å². The predicted octanol–water partition coefficient (Wildman–Crippen LogP) is 2.97. The Balaban J connectivity index is 2.94. The van der Waals surface area contributed by atoms with E-state index in [0.29, 0.717) is 10.6 Å². The summed E-state index contributed by atoms with van der Waals surface area (Å²) in [7, 11) is 0. The highest BCUT2D eigenvalue weighted by Gasteiger charge is 2.22. The summed E-state index contributed by atoms with van der Waals surface area (Å²) >= 11 is 1.33. The molecule has 0 saturated heterocycles. The largest absolute Gasteiger partial charge is 0.351 e. The first-order valence-electron chi connectivity index (χ1n) is 6.51. The van der Waals surface area contributed by atoms with Crippen molar-refractivity contribution in [3.05, 3.63) is 22.9 Å². The van der Waals surface area contributed by atoms with Crippen LogP contribution in [0, 0.1) is 25.2 Å². The fraction of sp³-hybridized carbons (Fsp3) is 0.533. The molecule has 5 heteroatoms. The maximum absolute atomic E-state index is 12.1. The minimum absolute atomic E-state index is 0.0488. The Morgan fingerprint density at radius 2 is 2.05 bits per heavy atom. The zero-order chi connectivity index (χ0) is 15.5. The first kappa shape index (κ1) is 16.5. The minimum Gasteiger partial charge on any atom is -0.351 e. The molecule has 0 aliphatic carbocycles. The van der Waals surface area contributed by atoms with Crippen molar-refractivity contribution in [1.29, 1.82) is 5.26 Å². The molecule has 4 nitrogen and oxygen atoms in total. The number of hydrogen-bond acceptors (Lipinski definition) is 4. The Labute approximate surface area is 125 Å². The lowest BCUT2D eigenvalue weighted by Gasteiger charge is -2.23. The van der Waals surface area contributed by atoms with E-state index < -0.39 is 0 Å². The lowest BCUT2D eigenvalue weighted by molar-refractivity contribution is -0.121. The summed E-state index contributed by atoms with van der Waals surface area (Å²) in [4.78, 5) is 16.5. The average Bonchev–Trinajstić information content (AvgIpc) is 2.25.